The lowest BCUT2D eigenvalue weighted by Gasteiger charge is -2.19. The molecule has 2 unspecified atom stereocenters. The molecule has 0 fully saturated rings. The molecule has 0 aromatic rings. The number of rotatable bonds is 6. The fraction of sp³-hybridized carbons (Fsp3) is 0.727. The number of hydrogen-bond donors (Lipinski definition) is 3. The normalized spacial score (nSPS) is 22.3. The number of dihydropyridines is 1. The molecule has 3 N–H and O–H groups in total. The molecule has 16 heavy (non-hydrogen) atoms. The van der Waals surface area contributed by atoms with Gasteiger partial charge in [-0.3, -0.25) is 10.3 Å². The minimum atomic E-state index is -0.693. The molecule has 0 saturated carbocycles. The number of hydrogen-bond acceptors (Lipinski definition) is 5. The van der Waals surface area contributed by atoms with E-state index in [1.807, 2.05) is 7.05 Å². The Morgan fingerprint density at radius 1 is 1.69 bits per heavy atom. The molecule has 0 saturated heterocycles. The summed E-state index contributed by atoms with van der Waals surface area (Å²) in [4.78, 5) is 6.00. The average Bonchev–Trinajstić information content (AvgIpc) is 2.29. The molecular weight excluding hydrogens is 206 g/mol. The fourth-order valence-electron chi connectivity index (χ4n) is 1.38. The van der Waals surface area contributed by atoms with Crippen molar-refractivity contribution in [2.75, 3.05) is 26.7 Å². The second-order valence-electron chi connectivity index (χ2n) is 3.95. The zero-order valence-corrected chi connectivity index (χ0v) is 9.93. The van der Waals surface area contributed by atoms with E-state index in [1.54, 1.807) is 6.08 Å². The summed E-state index contributed by atoms with van der Waals surface area (Å²) in [5, 5.41) is 21.9. The van der Waals surface area contributed by atoms with Crippen LogP contribution >= 0.6 is 0 Å². The number of nitrogens with one attached hydrogen (secondary N) is 1. The summed E-state index contributed by atoms with van der Waals surface area (Å²) >= 11 is 0. The minimum Gasteiger partial charge on any atom is -0.374 e. The lowest BCUT2D eigenvalue weighted by atomic mass is 10.1. The maximum Gasteiger partial charge on any atom is 0.148 e. The van der Waals surface area contributed by atoms with Crippen molar-refractivity contribution in [3.63, 3.8) is 0 Å². The molecule has 0 aromatic heterocycles. The van der Waals surface area contributed by atoms with E-state index in [-0.39, 0.29) is 0 Å². The third-order valence-corrected chi connectivity index (χ3v) is 2.65. The van der Waals surface area contributed by atoms with Gasteiger partial charge in [0.1, 0.15) is 12.5 Å². The van der Waals surface area contributed by atoms with Gasteiger partial charge in [0.2, 0.25) is 0 Å². The predicted molar refractivity (Wildman–Crippen MR) is 64.4 cm³/mol. The van der Waals surface area contributed by atoms with E-state index in [0.29, 0.717) is 6.42 Å². The Hall–Kier alpha value is -0.750. The van der Waals surface area contributed by atoms with Crippen LogP contribution in [0.5, 0.6) is 0 Å². The summed E-state index contributed by atoms with van der Waals surface area (Å²) in [7, 11) is 2.03. The fourth-order valence-corrected chi connectivity index (χ4v) is 1.38. The summed E-state index contributed by atoms with van der Waals surface area (Å²) in [5.74, 6) is 0. The van der Waals surface area contributed by atoms with Gasteiger partial charge in [-0.25, -0.2) is 0 Å². The highest BCUT2D eigenvalue weighted by molar-refractivity contribution is 5.80. The van der Waals surface area contributed by atoms with Gasteiger partial charge in [-0.05, 0) is 13.6 Å². The second-order valence-corrected chi connectivity index (χ2v) is 3.95. The zero-order valence-electron chi connectivity index (χ0n) is 9.93. The van der Waals surface area contributed by atoms with Gasteiger partial charge in [0, 0.05) is 31.3 Å². The molecule has 5 heteroatoms. The number of nitrogens with zero attached hydrogens (tertiary/aromatic N) is 2. The Labute approximate surface area is 96.5 Å². The Bertz CT molecular complexity index is 266. The Morgan fingerprint density at radius 3 is 3.00 bits per heavy atom. The van der Waals surface area contributed by atoms with Crippen molar-refractivity contribution in [2.24, 2.45) is 4.99 Å². The monoisotopic (exact) mass is 227 g/mol. The van der Waals surface area contributed by atoms with Crippen LogP contribution in [0.4, 0.5) is 0 Å². The molecular formula is C11H21N3O2. The summed E-state index contributed by atoms with van der Waals surface area (Å²) in [6.45, 7) is 4.70. The number of aliphatic hydroxyl groups excluding tert-OH is 2. The van der Waals surface area contributed by atoms with E-state index in [9.17, 15) is 5.11 Å². The van der Waals surface area contributed by atoms with Crippen molar-refractivity contribution in [3.05, 3.63) is 11.6 Å². The molecule has 0 aliphatic carbocycles. The number of aliphatic imine (C=N–C) groups is 1. The zero-order chi connectivity index (χ0) is 12.0. The largest absolute Gasteiger partial charge is 0.374 e. The van der Waals surface area contributed by atoms with Crippen LogP contribution in [0.1, 0.15) is 13.3 Å². The molecule has 0 aromatic carbocycles. The standard InChI is InChI=1S/C11H21N3O2/c1-3-14(2)7-6-12-11(16)9-4-5-10(15)13-8-9/h4,8,10-12,15-16H,3,5-7H2,1-2H3. The Kier molecular flexibility index (Phi) is 5.62. The maximum atomic E-state index is 9.77. The molecule has 1 rings (SSSR count). The number of aliphatic hydroxyl groups is 2. The first kappa shape index (κ1) is 13.3. The minimum absolute atomic E-state index is 0.472. The summed E-state index contributed by atoms with van der Waals surface area (Å²) < 4.78 is 0. The molecule has 5 nitrogen and oxygen atoms in total. The van der Waals surface area contributed by atoms with Gasteiger partial charge in [-0.1, -0.05) is 13.0 Å². The van der Waals surface area contributed by atoms with Crippen molar-refractivity contribution in [1.29, 1.82) is 0 Å². The molecule has 2 atom stereocenters. The van der Waals surface area contributed by atoms with Crippen LogP contribution in [0.15, 0.2) is 16.6 Å². The smallest absolute Gasteiger partial charge is 0.148 e. The van der Waals surface area contributed by atoms with Gasteiger partial charge in [-0.15, -0.1) is 0 Å². The highest BCUT2D eigenvalue weighted by Gasteiger charge is 2.12. The molecule has 1 aliphatic rings. The van der Waals surface area contributed by atoms with Crippen LogP contribution in [-0.4, -0.2) is 60.5 Å². The van der Waals surface area contributed by atoms with E-state index in [4.69, 9.17) is 5.11 Å². The number of likely N-dealkylation sites (N-methyl/N-ethyl adjacent to an activating group) is 1. The van der Waals surface area contributed by atoms with Gasteiger partial charge >= 0.3 is 0 Å². The lowest BCUT2D eigenvalue weighted by Crippen LogP contribution is -2.37. The van der Waals surface area contributed by atoms with E-state index >= 15 is 0 Å². The molecule has 1 heterocycles. The first-order chi connectivity index (χ1) is 7.63. The van der Waals surface area contributed by atoms with E-state index in [0.717, 1.165) is 25.2 Å². The molecule has 0 amide bonds. The van der Waals surface area contributed by atoms with Crippen molar-refractivity contribution >= 4 is 6.21 Å². The molecule has 92 valence electrons. The van der Waals surface area contributed by atoms with E-state index in [1.165, 1.54) is 6.21 Å². The van der Waals surface area contributed by atoms with E-state index in [2.05, 4.69) is 22.1 Å². The highest BCUT2D eigenvalue weighted by atomic mass is 16.3. The highest BCUT2D eigenvalue weighted by Crippen LogP contribution is 2.08. The van der Waals surface area contributed by atoms with Crippen LogP contribution in [0.3, 0.4) is 0 Å². The van der Waals surface area contributed by atoms with Crippen molar-refractivity contribution in [3.8, 4) is 0 Å². The molecule has 1 aliphatic heterocycles. The summed E-state index contributed by atoms with van der Waals surface area (Å²) in [6.07, 6.45) is 2.46. The quantitative estimate of drug-likeness (QED) is 0.538. The van der Waals surface area contributed by atoms with Gasteiger partial charge < -0.3 is 15.1 Å². The summed E-state index contributed by atoms with van der Waals surface area (Å²) in [6, 6.07) is 0. The SMILES string of the molecule is CCN(C)CCNC(O)C1=CCC(O)N=C1. The molecule has 0 radical (unpaired) electrons. The van der Waals surface area contributed by atoms with Crippen LogP contribution in [-0.2, 0) is 0 Å². The Morgan fingerprint density at radius 2 is 2.44 bits per heavy atom. The van der Waals surface area contributed by atoms with Crippen molar-refractivity contribution in [2.45, 2.75) is 25.8 Å². The van der Waals surface area contributed by atoms with Crippen LogP contribution in [0.25, 0.3) is 0 Å². The van der Waals surface area contributed by atoms with Crippen molar-refractivity contribution in [1.82, 2.24) is 10.2 Å². The Balaban J connectivity index is 2.25. The first-order valence-corrected chi connectivity index (χ1v) is 5.64. The van der Waals surface area contributed by atoms with Gasteiger partial charge in [0.25, 0.3) is 0 Å². The third kappa shape index (κ3) is 4.40. The van der Waals surface area contributed by atoms with Gasteiger partial charge in [0.05, 0.1) is 0 Å². The lowest BCUT2D eigenvalue weighted by molar-refractivity contribution is 0.165. The molecule has 0 spiro atoms. The third-order valence-electron chi connectivity index (χ3n) is 2.65. The topological polar surface area (TPSA) is 68.1 Å². The predicted octanol–water partition coefficient (Wildman–Crippen LogP) is -0.435. The average molecular weight is 227 g/mol. The van der Waals surface area contributed by atoms with Crippen LogP contribution in [0, 0.1) is 0 Å². The molecule has 0 bridgehead atoms. The second kappa shape index (κ2) is 6.75. The van der Waals surface area contributed by atoms with Gasteiger partial charge in [-0.2, -0.15) is 0 Å². The van der Waals surface area contributed by atoms with Crippen molar-refractivity contribution < 1.29 is 10.2 Å². The van der Waals surface area contributed by atoms with Gasteiger partial charge in [0.15, 0.2) is 0 Å². The van der Waals surface area contributed by atoms with Crippen LogP contribution < -0.4 is 5.32 Å². The van der Waals surface area contributed by atoms with E-state index < -0.39 is 12.5 Å². The maximum absolute atomic E-state index is 9.77. The first-order valence-electron chi connectivity index (χ1n) is 5.64. The van der Waals surface area contributed by atoms with Crippen LogP contribution in [0.2, 0.25) is 0 Å². The summed E-state index contributed by atoms with van der Waals surface area (Å²) in [5.41, 5.74) is 0.726.